The number of β-amino-alcohol motifs (C(OH)–C–C–N with tert-alkyl or cyclic N) is 1. The van der Waals surface area contributed by atoms with Crippen molar-refractivity contribution in [3.05, 3.63) is 48.2 Å². The second kappa shape index (κ2) is 9.90. The number of aromatic nitrogens is 1. The molecule has 3 amide bonds. The van der Waals surface area contributed by atoms with E-state index in [0.717, 1.165) is 0 Å². The zero-order valence-corrected chi connectivity index (χ0v) is 17.6. The maximum Gasteiger partial charge on any atom is 0.389 e. The van der Waals surface area contributed by atoms with E-state index < -0.39 is 42.8 Å². The van der Waals surface area contributed by atoms with Crippen molar-refractivity contribution in [3.63, 3.8) is 0 Å². The molecule has 2 N–H and O–H groups in total. The Morgan fingerprint density at radius 1 is 1.18 bits per heavy atom. The van der Waals surface area contributed by atoms with Gasteiger partial charge in [-0.25, -0.2) is 9.98 Å². The smallest absolute Gasteiger partial charge is 0.389 e. The molecule has 2 aromatic rings. The first-order chi connectivity index (χ1) is 15.6. The normalized spacial score (nSPS) is 16.0. The van der Waals surface area contributed by atoms with Gasteiger partial charge in [0.1, 0.15) is 17.6 Å². The summed E-state index contributed by atoms with van der Waals surface area (Å²) in [5.41, 5.74) is 1.35. The van der Waals surface area contributed by atoms with Crippen LogP contribution in [0.5, 0.6) is 0 Å². The highest BCUT2D eigenvalue weighted by Gasteiger charge is 2.36. The van der Waals surface area contributed by atoms with E-state index in [4.69, 9.17) is 0 Å². The molecule has 0 saturated carbocycles. The lowest BCUT2D eigenvalue weighted by Gasteiger charge is -2.25. The third-order valence-corrected chi connectivity index (χ3v) is 4.96. The molecule has 1 atom stereocenters. The van der Waals surface area contributed by atoms with E-state index in [1.54, 1.807) is 36.4 Å². The Kier molecular flexibility index (Phi) is 7.22. The van der Waals surface area contributed by atoms with Gasteiger partial charge in [0.05, 0.1) is 19.6 Å². The van der Waals surface area contributed by atoms with Gasteiger partial charge in [0.2, 0.25) is 5.91 Å². The van der Waals surface area contributed by atoms with E-state index in [9.17, 15) is 32.7 Å². The lowest BCUT2D eigenvalue weighted by atomic mass is 9.96. The van der Waals surface area contributed by atoms with Crippen LogP contribution in [0.1, 0.15) is 31.4 Å². The predicted octanol–water partition coefficient (Wildman–Crippen LogP) is 2.57. The third kappa shape index (κ3) is 5.61. The molecule has 33 heavy (non-hydrogen) atoms. The fourth-order valence-electron chi connectivity index (χ4n) is 3.44. The number of amides is 3. The molecule has 0 spiro atoms. The number of hydrogen-bond acceptors (Lipinski definition) is 5. The van der Waals surface area contributed by atoms with Gasteiger partial charge in [-0.3, -0.25) is 19.3 Å². The van der Waals surface area contributed by atoms with Crippen LogP contribution in [0, 0.1) is 0 Å². The van der Waals surface area contributed by atoms with Crippen LogP contribution in [-0.2, 0) is 14.4 Å². The van der Waals surface area contributed by atoms with Crippen LogP contribution in [0.2, 0.25) is 0 Å². The Labute approximate surface area is 187 Å². The molecule has 0 bridgehead atoms. The highest BCUT2D eigenvalue weighted by Crippen LogP contribution is 2.38. The van der Waals surface area contributed by atoms with Gasteiger partial charge in [-0.05, 0) is 30.2 Å². The Bertz CT molecular complexity index is 1100. The minimum atomic E-state index is -4.52. The number of hydrogen-bond donors (Lipinski definition) is 2. The highest BCUT2D eigenvalue weighted by molar-refractivity contribution is 6.39. The monoisotopic (exact) mass is 462 g/mol. The maximum atomic E-state index is 13.4. The van der Waals surface area contributed by atoms with Crippen molar-refractivity contribution in [1.29, 1.82) is 0 Å². The molecule has 1 aromatic carbocycles. The van der Waals surface area contributed by atoms with Crippen LogP contribution >= 0.6 is 0 Å². The number of alkyl halides is 3. The Hall–Kier alpha value is -3.60. The zero-order chi connectivity index (χ0) is 24.2. The summed E-state index contributed by atoms with van der Waals surface area (Å²) in [4.78, 5) is 46.8. The standard InChI is InChI=1S/C22H21F3N4O4/c1-13(27-17(31)8-9-22(23,24)25)20(32)28-18-15-6-3-2-5-14(15)16-7-4-10-26-19(16)29(11-12-30)21(18)33/h2-7,10,18,30H,8-9,11-12H2,1H3,(H,28,32)/t18-/m0/s1. The van der Waals surface area contributed by atoms with Crippen LogP contribution < -0.4 is 10.2 Å². The summed E-state index contributed by atoms with van der Waals surface area (Å²) in [6.07, 6.45) is -5.25. The maximum absolute atomic E-state index is 13.4. The molecular formula is C22H21F3N4O4. The minimum absolute atomic E-state index is 0.0772. The number of aliphatic hydroxyl groups is 1. The number of benzene rings is 1. The molecule has 174 valence electrons. The number of aliphatic imine (C=N–C) groups is 1. The number of carbonyl (C=O) groups excluding carboxylic acids is 3. The van der Waals surface area contributed by atoms with E-state index in [0.29, 0.717) is 22.5 Å². The highest BCUT2D eigenvalue weighted by atomic mass is 19.4. The van der Waals surface area contributed by atoms with E-state index >= 15 is 0 Å². The lowest BCUT2D eigenvalue weighted by Crippen LogP contribution is -2.45. The largest absolute Gasteiger partial charge is 0.395 e. The summed E-state index contributed by atoms with van der Waals surface area (Å²) in [6.45, 7) is 0.745. The number of halogens is 3. The van der Waals surface area contributed by atoms with Gasteiger partial charge in [-0.15, -0.1) is 0 Å². The van der Waals surface area contributed by atoms with E-state index in [1.165, 1.54) is 18.0 Å². The number of pyridine rings is 1. The van der Waals surface area contributed by atoms with Crippen molar-refractivity contribution in [2.24, 2.45) is 4.99 Å². The van der Waals surface area contributed by atoms with Gasteiger partial charge < -0.3 is 10.4 Å². The fourth-order valence-corrected chi connectivity index (χ4v) is 3.44. The quantitative estimate of drug-likeness (QED) is 0.641. The SMILES string of the molecule is CC(=NC(=O)CCC(F)(F)F)C(=O)N[C@@H]1C(=O)N(CCO)c2ncccc2-c2ccccc21. The van der Waals surface area contributed by atoms with Crippen molar-refractivity contribution in [1.82, 2.24) is 10.3 Å². The summed E-state index contributed by atoms with van der Waals surface area (Å²) < 4.78 is 36.9. The average Bonchev–Trinajstić information content (AvgIpc) is 2.87. The first kappa shape index (κ1) is 24.1. The van der Waals surface area contributed by atoms with Gasteiger partial charge >= 0.3 is 6.18 Å². The molecule has 0 fully saturated rings. The molecular weight excluding hydrogens is 441 g/mol. The number of nitrogens with one attached hydrogen (secondary N) is 1. The molecule has 1 aromatic heterocycles. The fraction of sp³-hybridized carbons (Fsp3) is 0.318. The number of aliphatic hydroxyl groups excluding tert-OH is 1. The Morgan fingerprint density at radius 2 is 1.88 bits per heavy atom. The summed E-state index contributed by atoms with van der Waals surface area (Å²) in [7, 11) is 0. The summed E-state index contributed by atoms with van der Waals surface area (Å²) in [5, 5.41) is 12.0. The molecule has 0 saturated heterocycles. The summed E-state index contributed by atoms with van der Waals surface area (Å²) in [6, 6.07) is 9.10. The molecule has 0 unspecified atom stereocenters. The molecule has 8 nitrogen and oxygen atoms in total. The van der Waals surface area contributed by atoms with Gasteiger partial charge in [-0.2, -0.15) is 13.2 Å². The minimum Gasteiger partial charge on any atom is -0.395 e. The average molecular weight is 462 g/mol. The third-order valence-electron chi connectivity index (χ3n) is 4.96. The second-order valence-corrected chi connectivity index (χ2v) is 7.29. The van der Waals surface area contributed by atoms with Crippen LogP contribution in [-0.4, -0.2) is 52.9 Å². The topological polar surface area (TPSA) is 112 Å². The molecule has 3 rings (SSSR count). The van der Waals surface area contributed by atoms with Crippen molar-refractivity contribution < 1.29 is 32.7 Å². The first-order valence-electron chi connectivity index (χ1n) is 10.0. The Balaban J connectivity index is 1.92. The molecule has 0 radical (unpaired) electrons. The van der Waals surface area contributed by atoms with Gasteiger partial charge in [-0.1, -0.05) is 24.3 Å². The number of carbonyl (C=O) groups is 3. The van der Waals surface area contributed by atoms with Gasteiger partial charge in [0.15, 0.2) is 0 Å². The predicted molar refractivity (Wildman–Crippen MR) is 113 cm³/mol. The summed E-state index contributed by atoms with van der Waals surface area (Å²) in [5.74, 6) is -2.23. The van der Waals surface area contributed by atoms with Crippen molar-refractivity contribution in [2.75, 3.05) is 18.1 Å². The molecule has 2 heterocycles. The van der Waals surface area contributed by atoms with E-state index in [-0.39, 0.29) is 18.9 Å². The van der Waals surface area contributed by atoms with Crippen LogP contribution in [0.15, 0.2) is 47.6 Å². The molecule has 11 heteroatoms. The van der Waals surface area contributed by atoms with Crippen molar-refractivity contribution in [2.45, 2.75) is 32.0 Å². The molecule has 1 aliphatic rings. The summed E-state index contributed by atoms with van der Waals surface area (Å²) >= 11 is 0. The number of anilines is 1. The lowest BCUT2D eigenvalue weighted by molar-refractivity contribution is -0.142. The number of fused-ring (bicyclic) bond motifs is 3. The van der Waals surface area contributed by atoms with Crippen LogP contribution in [0.25, 0.3) is 11.1 Å². The van der Waals surface area contributed by atoms with Crippen LogP contribution in [0.3, 0.4) is 0 Å². The Morgan fingerprint density at radius 3 is 2.58 bits per heavy atom. The number of rotatable bonds is 6. The zero-order valence-electron chi connectivity index (χ0n) is 17.6. The van der Waals surface area contributed by atoms with Gasteiger partial charge in [0, 0.05) is 18.2 Å². The van der Waals surface area contributed by atoms with E-state index in [1.807, 2.05) is 0 Å². The van der Waals surface area contributed by atoms with Gasteiger partial charge in [0.25, 0.3) is 11.8 Å². The number of nitrogens with zero attached hydrogens (tertiary/aromatic N) is 3. The van der Waals surface area contributed by atoms with E-state index in [2.05, 4.69) is 15.3 Å². The molecule has 0 aliphatic carbocycles. The second-order valence-electron chi connectivity index (χ2n) is 7.29. The first-order valence-corrected chi connectivity index (χ1v) is 10.0. The van der Waals surface area contributed by atoms with Crippen molar-refractivity contribution >= 4 is 29.3 Å². The van der Waals surface area contributed by atoms with Crippen LogP contribution in [0.4, 0.5) is 19.0 Å². The molecule has 1 aliphatic heterocycles. The van der Waals surface area contributed by atoms with Crippen molar-refractivity contribution in [3.8, 4) is 11.1 Å².